The van der Waals surface area contributed by atoms with Crippen molar-refractivity contribution in [3.8, 4) is 5.75 Å². The van der Waals surface area contributed by atoms with Gasteiger partial charge in [0.2, 0.25) is 0 Å². The van der Waals surface area contributed by atoms with Gasteiger partial charge in [-0.2, -0.15) is 0 Å². The molecule has 4 heteroatoms. The number of hydrogen-bond donors (Lipinski definition) is 1. The van der Waals surface area contributed by atoms with Gasteiger partial charge in [0.05, 0.1) is 6.61 Å². The van der Waals surface area contributed by atoms with Gasteiger partial charge in [0.15, 0.2) is 0 Å². The monoisotopic (exact) mass is 355 g/mol. The molecule has 1 rings (SSSR count). The molecular formula is C17H26BrNO2. The second-order valence-corrected chi connectivity index (χ2v) is 6.33. The maximum atomic E-state index is 12.3. The number of halogens is 1. The molecule has 0 saturated carbocycles. The quantitative estimate of drug-likeness (QED) is 0.521. The van der Waals surface area contributed by atoms with Crippen LogP contribution in [0.4, 0.5) is 0 Å². The zero-order chi connectivity index (χ0) is 15.7. The molecule has 1 unspecified atom stereocenters. The lowest BCUT2D eigenvalue weighted by atomic mass is 9.95. The lowest BCUT2D eigenvalue weighted by Crippen LogP contribution is -2.45. The summed E-state index contributed by atoms with van der Waals surface area (Å²) in [7, 11) is 0. The average Bonchev–Trinajstić information content (AvgIpc) is 2.48. The van der Waals surface area contributed by atoms with Gasteiger partial charge in [-0.05, 0) is 50.5 Å². The van der Waals surface area contributed by atoms with E-state index in [1.165, 1.54) is 0 Å². The van der Waals surface area contributed by atoms with Crippen LogP contribution in [0.25, 0.3) is 0 Å². The summed E-state index contributed by atoms with van der Waals surface area (Å²) in [6.45, 7) is 7.03. The van der Waals surface area contributed by atoms with Crippen molar-refractivity contribution in [3.05, 3.63) is 29.8 Å². The molecule has 1 amide bonds. The van der Waals surface area contributed by atoms with Crippen LogP contribution in [0.1, 0.15) is 56.8 Å². The molecule has 0 fully saturated rings. The molecule has 3 nitrogen and oxygen atoms in total. The SMILES string of the molecule is CCCCOc1ccc(C(=O)NC(C)(CC)CCBr)cc1. The molecule has 0 heterocycles. The number of carbonyl (C=O) groups excluding carboxylic acids is 1. The van der Waals surface area contributed by atoms with Crippen LogP contribution in [0, 0.1) is 0 Å². The lowest BCUT2D eigenvalue weighted by molar-refractivity contribution is 0.0902. The van der Waals surface area contributed by atoms with Crippen LogP contribution in [0.5, 0.6) is 5.75 Å². The van der Waals surface area contributed by atoms with Crippen molar-refractivity contribution in [2.75, 3.05) is 11.9 Å². The van der Waals surface area contributed by atoms with E-state index in [9.17, 15) is 4.79 Å². The number of ether oxygens (including phenoxy) is 1. The number of carbonyl (C=O) groups is 1. The number of alkyl halides is 1. The van der Waals surface area contributed by atoms with Crippen molar-refractivity contribution in [1.29, 1.82) is 0 Å². The first-order valence-corrected chi connectivity index (χ1v) is 8.78. The largest absolute Gasteiger partial charge is 0.494 e. The minimum atomic E-state index is -0.170. The second-order valence-electron chi connectivity index (χ2n) is 5.53. The van der Waals surface area contributed by atoms with Gasteiger partial charge >= 0.3 is 0 Å². The van der Waals surface area contributed by atoms with E-state index in [1.807, 2.05) is 24.3 Å². The zero-order valence-electron chi connectivity index (χ0n) is 13.2. The molecule has 0 radical (unpaired) electrons. The molecule has 0 aliphatic rings. The normalized spacial score (nSPS) is 13.5. The standard InChI is InChI=1S/C17H26BrNO2/c1-4-6-13-21-15-9-7-14(8-10-15)16(20)19-17(3,5-2)11-12-18/h7-10H,4-6,11-13H2,1-3H3,(H,19,20). The third-order valence-corrected chi connectivity index (χ3v) is 4.12. The van der Waals surface area contributed by atoms with Gasteiger partial charge in [-0.3, -0.25) is 4.79 Å². The van der Waals surface area contributed by atoms with Gasteiger partial charge in [0, 0.05) is 16.4 Å². The van der Waals surface area contributed by atoms with Crippen LogP contribution in [0.15, 0.2) is 24.3 Å². The molecule has 0 bridgehead atoms. The van der Waals surface area contributed by atoms with Crippen molar-refractivity contribution < 1.29 is 9.53 Å². The summed E-state index contributed by atoms with van der Waals surface area (Å²) in [4.78, 5) is 12.3. The fourth-order valence-electron chi connectivity index (χ4n) is 1.92. The third kappa shape index (κ3) is 6.08. The fraction of sp³-hybridized carbons (Fsp3) is 0.588. The van der Waals surface area contributed by atoms with Gasteiger partial charge < -0.3 is 10.1 Å². The van der Waals surface area contributed by atoms with Crippen LogP contribution >= 0.6 is 15.9 Å². The molecule has 0 aliphatic heterocycles. The Morgan fingerprint density at radius 1 is 1.29 bits per heavy atom. The maximum absolute atomic E-state index is 12.3. The number of hydrogen-bond acceptors (Lipinski definition) is 2. The molecule has 1 aromatic carbocycles. The predicted molar refractivity (Wildman–Crippen MR) is 91.4 cm³/mol. The highest BCUT2D eigenvalue weighted by molar-refractivity contribution is 9.09. The second kappa shape index (κ2) is 9.08. The van der Waals surface area contributed by atoms with Crippen LogP contribution in [0.2, 0.25) is 0 Å². The van der Waals surface area contributed by atoms with Gasteiger partial charge in [0.25, 0.3) is 5.91 Å². The number of benzene rings is 1. The predicted octanol–water partition coefficient (Wildman–Crippen LogP) is 4.55. The van der Waals surface area contributed by atoms with Crippen molar-refractivity contribution >= 4 is 21.8 Å². The summed E-state index contributed by atoms with van der Waals surface area (Å²) < 4.78 is 5.60. The van der Waals surface area contributed by atoms with E-state index in [4.69, 9.17) is 4.74 Å². The van der Waals surface area contributed by atoms with E-state index in [-0.39, 0.29) is 11.4 Å². The Hall–Kier alpha value is -1.03. The van der Waals surface area contributed by atoms with Gasteiger partial charge in [-0.25, -0.2) is 0 Å². The van der Waals surface area contributed by atoms with Gasteiger partial charge in [-0.15, -0.1) is 0 Å². The first-order valence-electron chi connectivity index (χ1n) is 7.66. The summed E-state index contributed by atoms with van der Waals surface area (Å²) in [6, 6.07) is 7.36. The van der Waals surface area contributed by atoms with Crippen molar-refractivity contribution in [2.24, 2.45) is 0 Å². The molecule has 0 aliphatic carbocycles. The minimum absolute atomic E-state index is 0.0274. The summed E-state index contributed by atoms with van der Waals surface area (Å²) in [5.41, 5.74) is 0.503. The molecule has 0 aromatic heterocycles. The molecular weight excluding hydrogens is 330 g/mol. The van der Waals surface area contributed by atoms with E-state index >= 15 is 0 Å². The lowest BCUT2D eigenvalue weighted by Gasteiger charge is -2.29. The van der Waals surface area contributed by atoms with Crippen LogP contribution in [-0.4, -0.2) is 23.4 Å². The van der Waals surface area contributed by atoms with Crippen molar-refractivity contribution in [2.45, 2.75) is 52.0 Å². The van der Waals surface area contributed by atoms with Gasteiger partial charge in [0.1, 0.15) is 5.75 Å². The molecule has 0 spiro atoms. The number of nitrogens with one attached hydrogen (secondary N) is 1. The molecule has 1 aromatic rings. The highest BCUT2D eigenvalue weighted by atomic mass is 79.9. The Balaban J connectivity index is 2.62. The minimum Gasteiger partial charge on any atom is -0.494 e. The smallest absolute Gasteiger partial charge is 0.251 e. The van der Waals surface area contributed by atoms with Crippen molar-refractivity contribution in [1.82, 2.24) is 5.32 Å². The van der Waals surface area contributed by atoms with Crippen LogP contribution < -0.4 is 10.1 Å². The van der Waals surface area contributed by atoms with E-state index in [0.29, 0.717) is 5.56 Å². The first-order chi connectivity index (χ1) is 10.0. The van der Waals surface area contributed by atoms with Gasteiger partial charge in [-0.1, -0.05) is 36.2 Å². The number of rotatable bonds is 9. The Labute approximate surface area is 136 Å². The van der Waals surface area contributed by atoms with E-state index < -0.39 is 0 Å². The Morgan fingerprint density at radius 2 is 1.95 bits per heavy atom. The van der Waals surface area contributed by atoms with E-state index in [1.54, 1.807) is 0 Å². The van der Waals surface area contributed by atoms with E-state index in [0.717, 1.165) is 43.4 Å². The number of amides is 1. The number of unbranched alkanes of at least 4 members (excludes halogenated alkanes) is 1. The molecule has 118 valence electrons. The molecule has 21 heavy (non-hydrogen) atoms. The summed E-state index contributed by atoms with van der Waals surface area (Å²) in [6.07, 6.45) is 3.98. The highest BCUT2D eigenvalue weighted by Crippen LogP contribution is 2.18. The highest BCUT2D eigenvalue weighted by Gasteiger charge is 2.23. The van der Waals surface area contributed by atoms with E-state index in [2.05, 4.69) is 42.0 Å². The summed E-state index contributed by atoms with van der Waals surface area (Å²) in [5.74, 6) is 0.791. The molecule has 1 N–H and O–H groups in total. The zero-order valence-corrected chi connectivity index (χ0v) is 14.8. The third-order valence-electron chi connectivity index (χ3n) is 3.73. The maximum Gasteiger partial charge on any atom is 0.251 e. The average molecular weight is 356 g/mol. The fourth-order valence-corrected chi connectivity index (χ4v) is 2.79. The van der Waals surface area contributed by atoms with Crippen LogP contribution in [0.3, 0.4) is 0 Å². The molecule has 0 saturated heterocycles. The van der Waals surface area contributed by atoms with Crippen LogP contribution in [-0.2, 0) is 0 Å². The van der Waals surface area contributed by atoms with Crippen molar-refractivity contribution in [3.63, 3.8) is 0 Å². The molecule has 1 atom stereocenters. The summed E-state index contributed by atoms with van der Waals surface area (Å²) >= 11 is 3.44. The first kappa shape index (κ1) is 18.0. The Morgan fingerprint density at radius 3 is 2.48 bits per heavy atom. The topological polar surface area (TPSA) is 38.3 Å². The summed E-state index contributed by atoms with van der Waals surface area (Å²) in [5, 5.41) is 4.00. The Bertz CT molecular complexity index is 433. The Kier molecular flexibility index (Phi) is 7.79.